The molecule has 4 aromatic carbocycles. The normalized spacial score (nSPS) is 12.4. The van der Waals surface area contributed by atoms with E-state index >= 15 is 0 Å². The molecule has 4 rings (SSSR count). The topological polar surface area (TPSA) is 36.9 Å². The van der Waals surface area contributed by atoms with Gasteiger partial charge >= 0.3 is 0 Å². The molecule has 186 valence electrons. The summed E-state index contributed by atoms with van der Waals surface area (Å²) >= 11 is 0. The highest BCUT2D eigenvalue weighted by atomic mass is 31.1. The van der Waals surface area contributed by atoms with Crippen molar-refractivity contribution in [3.63, 3.8) is 0 Å². The zero-order valence-corrected chi connectivity index (χ0v) is 23.0. The molecule has 0 amide bonds. The highest BCUT2D eigenvalue weighted by molar-refractivity contribution is 7.76. The molecule has 4 aromatic rings. The quantitative estimate of drug-likeness (QED) is 0.253. The van der Waals surface area contributed by atoms with Gasteiger partial charge in [-0.2, -0.15) is 0 Å². The molecule has 4 nitrogen and oxygen atoms in total. The van der Waals surface area contributed by atoms with E-state index in [2.05, 4.69) is 72.8 Å². The van der Waals surface area contributed by atoms with Crippen LogP contribution in [0.15, 0.2) is 97.1 Å². The SMILES string of the molecule is COc1ccc(P(CCP(c2ccccc2)c2ccc(OC)cc2OC)c2ccccc2)c(OC)c1. The minimum Gasteiger partial charge on any atom is -0.497 e. The van der Waals surface area contributed by atoms with E-state index < -0.39 is 15.8 Å². The molecule has 0 N–H and O–H groups in total. The summed E-state index contributed by atoms with van der Waals surface area (Å²) in [6.07, 6.45) is 2.02. The van der Waals surface area contributed by atoms with Crippen LogP contribution >= 0.6 is 15.8 Å². The standard InChI is InChI=1S/C30H32O4P2/c1-31-23-15-17-29(27(21-23)33-3)35(25-11-7-5-8-12-25)19-20-36(26-13-9-6-10-14-26)30-18-16-24(32-2)22-28(30)34-4/h5-18,21-22H,19-20H2,1-4H3. The summed E-state index contributed by atoms with van der Waals surface area (Å²) < 4.78 is 22.6. The van der Waals surface area contributed by atoms with E-state index in [1.807, 2.05) is 24.3 Å². The Bertz CT molecular complexity index is 1150. The Morgan fingerprint density at radius 3 is 1.19 bits per heavy atom. The third kappa shape index (κ3) is 6.01. The van der Waals surface area contributed by atoms with Gasteiger partial charge in [0.1, 0.15) is 23.0 Å². The Hall–Kier alpha value is -3.06. The van der Waals surface area contributed by atoms with Crippen LogP contribution in [0, 0.1) is 0 Å². The van der Waals surface area contributed by atoms with Crippen molar-refractivity contribution < 1.29 is 18.9 Å². The fourth-order valence-corrected chi connectivity index (χ4v) is 9.78. The maximum absolute atomic E-state index is 5.84. The van der Waals surface area contributed by atoms with Crippen LogP contribution in [0.5, 0.6) is 23.0 Å². The second-order valence-corrected chi connectivity index (χ2v) is 12.7. The molecule has 6 heteroatoms. The highest BCUT2D eigenvalue weighted by Gasteiger charge is 2.24. The van der Waals surface area contributed by atoms with Gasteiger partial charge in [-0.15, -0.1) is 0 Å². The summed E-state index contributed by atoms with van der Waals surface area (Å²) in [6, 6.07) is 33.9. The summed E-state index contributed by atoms with van der Waals surface area (Å²) in [5.41, 5.74) is 0. The molecule has 0 saturated carbocycles. The number of methoxy groups -OCH3 is 4. The lowest BCUT2D eigenvalue weighted by Crippen LogP contribution is -2.21. The molecule has 0 aliphatic rings. The monoisotopic (exact) mass is 518 g/mol. The molecule has 0 saturated heterocycles. The van der Waals surface area contributed by atoms with E-state index in [4.69, 9.17) is 18.9 Å². The maximum atomic E-state index is 5.84. The zero-order valence-electron chi connectivity index (χ0n) is 21.2. The van der Waals surface area contributed by atoms with Crippen LogP contribution in [0.3, 0.4) is 0 Å². The first-order valence-corrected chi connectivity index (χ1v) is 14.8. The van der Waals surface area contributed by atoms with Crippen LogP contribution in [0.2, 0.25) is 0 Å². The van der Waals surface area contributed by atoms with E-state index in [-0.39, 0.29) is 0 Å². The number of hydrogen-bond donors (Lipinski definition) is 0. The number of rotatable bonds is 11. The summed E-state index contributed by atoms with van der Waals surface area (Å²) in [7, 11) is 5.51. The van der Waals surface area contributed by atoms with Crippen molar-refractivity contribution >= 4 is 37.1 Å². The smallest absolute Gasteiger partial charge is 0.130 e. The molecule has 0 radical (unpaired) electrons. The highest BCUT2D eigenvalue weighted by Crippen LogP contribution is 2.45. The van der Waals surface area contributed by atoms with Crippen molar-refractivity contribution in [3.8, 4) is 23.0 Å². The van der Waals surface area contributed by atoms with Crippen molar-refractivity contribution in [2.24, 2.45) is 0 Å². The van der Waals surface area contributed by atoms with E-state index in [1.165, 1.54) is 21.2 Å². The molecule has 0 fully saturated rings. The lowest BCUT2D eigenvalue weighted by Gasteiger charge is -2.26. The van der Waals surface area contributed by atoms with E-state index in [1.54, 1.807) is 28.4 Å². The van der Waals surface area contributed by atoms with Crippen molar-refractivity contribution in [2.75, 3.05) is 40.8 Å². The first kappa shape index (κ1) is 26.0. The fraction of sp³-hybridized carbons (Fsp3) is 0.200. The molecule has 0 aliphatic carbocycles. The average molecular weight is 519 g/mol. The summed E-state index contributed by atoms with van der Waals surface area (Å²) in [5, 5.41) is 5.12. The van der Waals surface area contributed by atoms with Crippen molar-refractivity contribution in [2.45, 2.75) is 0 Å². The van der Waals surface area contributed by atoms with Gasteiger partial charge in [0.15, 0.2) is 0 Å². The average Bonchev–Trinajstić information content (AvgIpc) is 2.96. The van der Waals surface area contributed by atoms with E-state index in [9.17, 15) is 0 Å². The van der Waals surface area contributed by atoms with Crippen LogP contribution in [0.1, 0.15) is 0 Å². The van der Waals surface area contributed by atoms with Crippen LogP contribution in [-0.2, 0) is 0 Å². The van der Waals surface area contributed by atoms with Crippen molar-refractivity contribution in [1.82, 2.24) is 0 Å². The molecule has 0 bridgehead atoms. The molecule has 0 aromatic heterocycles. The third-order valence-corrected chi connectivity index (χ3v) is 11.5. The van der Waals surface area contributed by atoms with E-state index in [0.717, 1.165) is 35.3 Å². The first-order chi connectivity index (χ1) is 17.7. The van der Waals surface area contributed by atoms with Gasteiger partial charge < -0.3 is 18.9 Å². The summed E-state index contributed by atoms with van der Waals surface area (Å²) in [4.78, 5) is 0. The number of ether oxygens (including phenoxy) is 4. The van der Waals surface area contributed by atoms with Crippen LogP contribution in [-0.4, -0.2) is 40.8 Å². The minimum atomic E-state index is -0.661. The Morgan fingerprint density at radius 1 is 0.472 bits per heavy atom. The molecule has 0 aliphatic heterocycles. The van der Waals surface area contributed by atoms with Gasteiger partial charge in [-0.1, -0.05) is 60.7 Å². The lowest BCUT2D eigenvalue weighted by molar-refractivity contribution is 0.396. The second-order valence-electron chi connectivity index (χ2n) is 8.05. The largest absolute Gasteiger partial charge is 0.497 e. The van der Waals surface area contributed by atoms with Gasteiger partial charge in [-0.3, -0.25) is 0 Å². The molecule has 0 spiro atoms. The van der Waals surface area contributed by atoms with Crippen LogP contribution in [0.4, 0.5) is 0 Å². The fourth-order valence-electron chi connectivity index (χ4n) is 4.21. The molecule has 0 heterocycles. The van der Waals surface area contributed by atoms with Gasteiger partial charge in [0.2, 0.25) is 0 Å². The molecular formula is C30H32O4P2. The number of benzene rings is 4. The van der Waals surface area contributed by atoms with Crippen LogP contribution in [0.25, 0.3) is 0 Å². The molecule has 36 heavy (non-hydrogen) atoms. The Balaban J connectivity index is 1.74. The first-order valence-electron chi connectivity index (χ1n) is 11.8. The molecular weight excluding hydrogens is 486 g/mol. The maximum Gasteiger partial charge on any atom is 0.130 e. The van der Waals surface area contributed by atoms with Gasteiger partial charge in [0.25, 0.3) is 0 Å². The molecule has 2 unspecified atom stereocenters. The van der Waals surface area contributed by atoms with Gasteiger partial charge in [0.05, 0.1) is 28.4 Å². The Labute approximate surface area is 216 Å². The Morgan fingerprint density at radius 2 is 0.861 bits per heavy atom. The van der Waals surface area contributed by atoms with Gasteiger partial charge in [-0.25, -0.2) is 0 Å². The lowest BCUT2D eigenvalue weighted by atomic mass is 10.3. The third-order valence-electron chi connectivity index (χ3n) is 6.04. The molecule has 2 atom stereocenters. The van der Waals surface area contributed by atoms with Crippen molar-refractivity contribution in [1.29, 1.82) is 0 Å². The van der Waals surface area contributed by atoms with Gasteiger partial charge in [0, 0.05) is 22.7 Å². The zero-order chi connectivity index (χ0) is 25.3. The number of hydrogen-bond acceptors (Lipinski definition) is 4. The van der Waals surface area contributed by atoms with Gasteiger partial charge in [-0.05, 0) is 63.0 Å². The predicted octanol–water partition coefficient (Wildman–Crippen LogP) is 5.29. The van der Waals surface area contributed by atoms with Crippen LogP contribution < -0.4 is 40.2 Å². The second kappa shape index (κ2) is 12.8. The Kier molecular flexibility index (Phi) is 9.23. The summed E-state index contributed by atoms with van der Waals surface area (Å²) in [5.74, 6) is 3.34. The minimum absolute atomic E-state index is 0.661. The van der Waals surface area contributed by atoms with Crippen molar-refractivity contribution in [3.05, 3.63) is 97.1 Å². The predicted molar refractivity (Wildman–Crippen MR) is 154 cm³/mol. The van der Waals surface area contributed by atoms with E-state index in [0.29, 0.717) is 0 Å². The summed E-state index contributed by atoms with van der Waals surface area (Å²) in [6.45, 7) is 0.